The van der Waals surface area contributed by atoms with Crippen molar-refractivity contribution >= 4 is 11.5 Å². The quantitative estimate of drug-likeness (QED) is 0.376. The van der Waals surface area contributed by atoms with Gasteiger partial charge in [0.15, 0.2) is 5.82 Å². The fourth-order valence-corrected chi connectivity index (χ4v) is 8.09. The van der Waals surface area contributed by atoms with Crippen molar-refractivity contribution in [2.75, 3.05) is 43.4 Å². The lowest BCUT2D eigenvalue weighted by atomic mass is 9.90. The number of aryl methyl sites for hydroxylation is 1. The third-order valence-corrected chi connectivity index (χ3v) is 9.98. The molecule has 1 aromatic heterocycles. The van der Waals surface area contributed by atoms with Gasteiger partial charge in [0, 0.05) is 55.7 Å². The number of rotatable bonds is 5. The van der Waals surface area contributed by atoms with Gasteiger partial charge >= 0.3 is 12.2 Å². The number of benzene rings is 1. The van der Waals surface area contributed by atoms with E-state index in [1.807, 2.05) is 0 Å². The highest BCUT2D eigenvalue weighted by molar-refractivity contribution is 5.55. The molecule has 13 heteroatoms. The summed E-state index contributed by atoms with van der Waals surface area (Å²) < 4.78 is 84.5. The lowest BCUT2D eigenvalue weighted by molar-refractivity contribution is -0.140. The minimum absolute atomic E-state index is 0.0826. The number of alkyl halides is 4. The number of nitrogen functional groups attached to an aromatic ring is 1. The number of halogens is 5. The van der Waals surface area contributed by atoms with Crippen molar-refractivity contribution in [1.82, 2.24) is 20.2 Å². The Morgan fingerprint density at radius 2 is 1.93 bits per heavy atom. The third kappa shape index (κ3) is 5.20. The summed E-state index contributed by atoms with van der Waals surface area (Å²) in [7, 11) is 0. The number of hydrogen-bond acceptors (Lipinski definition) is 8. The van der Waals surface area contributed by atoms with E-state index >= 15 is 4.39 Å². The number of nitrogens with one attached hydrogen (secondary N) is 1. The molecule has 5 atom stereocenters. The van der Waals surface area contributed by atoms with E-state index in [0.717, 1.165) is 44.7 Å². The van der Waals surface area contributed by atoms with Gasteiger partial charge in [0.2, 0.25) is 0 Å². The minimum atomic E-state index is -4.80. The van der Waals surface area contributed by atoms with Gasteiger partial charge in [-0.1, -0.05) is 6.42 Å². The number of ether oxygens (including phenoxy) is 2. The summed E-state index contributed by atoms with van der Waals surface area (Å²) in [5.74, 6) is -0.498. The number of piperazine rings is 1. The Morgan fingerprint density at radius 1 is 1.16 bits per heavy atom. The molecule has 0 amide bonds. The van der Waals surface area contributed by atoms with Crippen LogP contribution in [0, 0.1) is 12.7 Å². The first-order valence-corrected chi connectivity index (χ1v) is 15.2. The molecule has 7 rings (SSSR count). The Hall–Kier alpha value is -2.77. The molecule has 0 spiro atoms. The second-order valence-corrected chi connectivity index (χ2v) is 12.9. The topological polar surface area (TPSA) is 88.8 Å². The van der Waals surface area contributed by atoms with Crippen LogP contribution in [-0.4, -0.2) is 71.4 Å². The summed E-state index contributed by atoms with van der Waals surface area (Å²) in [6.45, 7) is 4.03. The standard InChI is InChI=1S/C30H37F5N6O2/c1-16-8-21(36)26(32)24(25(16)30(33,34)35)23-9-22-20(14-42-23)27(40-12-18-4-2-5-19(13-40)37-18)39-28(38-22)43-15-29-6-3-7-41(29)11-17(31)10-29/h8,17-19,23,37H,2-7,9-15,36H2,1H3/t17-,18?,19?,23+,29+/m1/s1. The zero-order valence-corrected chi connectivity index (χ0v) is 24.2. The summed E-state index contributed by atoms with van der Waals surface area (Å²) in [5, 5.41) is 3.65. The van der Waals surface area contributed by atoms with Crippen LogP contribution in [0.5, 0.6) is 6.01 Å². The number of aromatic nitrogens is 2. The van der Waals surface area contributed by atoms with E-state index in [0.29, 0.717) is 55.2 Å². The fraction of sp³-hybridized carbons (Fsp3) is 0.667. The van der Waals surface area contributed by atoms with Crippen LogP contribution in [0.15, 0.2) is 6.07 Å². The van der Waals surface area contributed by atoms with Crippen LogP contribution in [0.1, 0.15) is 72.6 Å². The van der Waals surface area contributed by atoms with Gasteiger partial charge < -0.3 is 25.4 Å². The average molecular weight is 609 g/mol. The molecular formula is C30H37F5N6O2. The van der Waals surface area contributed by atoms with Gasteiger partial charge in [-0.3, -0.25) is 4.90 Å². The fourth-order valence-electron chi connectivity index (χ4n) is 8.09. The lowest BCUT2D eigenvalue weighted by Gasteiger charge is -2.44. The number of piperidine rings is 1. The summed E-state index contributed by atoms with van der Waals surface area (Å²) in [5.41, 5.74) is 4.30. The Bertz CT molecular complexity index is 1400. The molecule has 5 aliphatic rings. The number of hydrogen-bond donors (Lipinski definition) is 2. The molecule has 0 aliphatic carbocycles. The molecule has 234 valence electrons. The maximum atomic E-state index is 15.3. The van der Waals surface area contributed by atoms with Crippen molar-refractivity contribution in [2.45, 2.75) is 94.6 Å². The van der Waals surface area contributed by atoms with E-state index in [2.05, 4.69) is 20.1 Å². The molecule has 2 aromatic rings. The maximum absolute atomic E-state index is 15.3. The molecule has 6 heterocycles. The van der Waals surface area contributed by atoms with Crippen LogP contribution in [0.3, 0.4) is 0 Å². The first-order chi connectivity index (χ1) is 20.5. The van der Waals surface area contributed by atoms with E-state index in [1.165, 1.54) is 6.92 Å². The zero-order valence-electron chi connectivity index (χ0n) is 24.2. The van der Waals surface area contributed by atoms with Gasteiger partial charge in [0.25, 0.3) is 0 Å². The Balaban J connectivity index is 1.25. The predicted octanol–water partition coefficient (Wildman–Crippen LogP) is 4.63. The summed E-state index contributed by atoms with van der Waals surface area (Å²) in [6, 6.07) is 1.69. The average Bonchev–Trinajstić information content (AvgIpc) is 3.47. The molecule has 8 nitrogen and oxygen atoms in total. The SMILES string of the molecule is Cc1cc(N)c(F)c([C@@H]2Cc3nc(OC[C@@]45CCCN4C[C@H](F)C5)nc(N4CC5CCCC(C4)N5)c3CO2)c1C(F)(F)F. The van der Waals surface area contributed by atoms with Crippen molar-refractivity contribution in [3.05, 3.63) is 39.8 Å². The molecule has 0 radical (unpaired) electrons. The van der Waals surface area contributed by atoms with Crippen molar-refractivity contribution in [3.63, 3.8) is 0 Å². The van der Waals surface area contributed by atoms with Crippen LogP contribution >= 0.6 is 0 Å². The van der Waals surface area contributed by atoms with Crippen molar-refractivity contribution in [2.24, 2.45) is 0 Å². The van der Waals surface area contributed by atoms with Crippen molar-refractivity contribution in [1.29, 1.82) is 0 Å². The number of nitrogens with zero attached hydrogens (tertiary/aromatic N) is 4. The van der Waals surface area contributed by atoms with Gasteiger partial charge in [-0.05, 0) is 50.8 Å². The zero-order chi connectivity index (χ0) is 30.1. The van der Waals surface area contributed by atoms with Gasteiger partial charge in [-0.15, -0.1) is 0 Å². The van der Waals surface area contributed by atoms with Gasteiger partial charge in [0.05, 0.1) is 35.2 Å². The number of anilines is 2. The largest absolute Gasteiger partial charge is 0.461 e. The molecule has 1 aromatic carbocycles. The molecule has 5 aliphatic heterocycles. The molecule has 4 saturated heterocycles. The van der Waals surface area contributed by atoms with Crippen LogP contribution in [0.2, 0.25) is 0 Å². The molecule has 0 saturated carbocycles. The van der Waals surface area contributed by atoms with E-state index in [1.54, 1.807) is 0 Å². The van der Waals surface area contributed by atoms with Crippen LogP contribution in [0.25, 0.3) is 0 Å². The highest BCUT2D eigenvalue weighted by Gasteiger charge is 2.49. The van der Waals surface area contributed by atoms with Crippen molar-refractivity contribution in [3.8, 4) is 6.01 Å². The highest BCUT2D eigenvalue weighted by Crippen LogP contribution is 2.45. The van der Waals surface area contributed by atoms with Gasteiger partial charge in [0.1, 0.15) is 18.6 Å². The molecule has 4 fully saturated rings. The summed E-state index contributed by atoms with van der Waals surface area (Å²) >= 11 is 0. The van der Waals surface area contributed by atoms with E-state index in [-0.39, 0.29) is 36.9 Å². The van der Waals surface area contributed by atoms with E-state index < -0.39 is 40.9 Å². The molecule has 2 bridgehead atoms. The normalized spacial score (nSPS) is 30.8. The molecule has 43 heavy (non-hydrogen) atoms. The highest BCUT2D eigenvalue weighted by atomic mass is 19.4. The predicted molar refractivity (Wildman–Crippen MR) is 149 cm³/mol. The second-order valence-electron chi connectivity index (χ2n) is 12.9. The van der Waals surface area contributed by atoms with Gasteiger partial charge in [-0.25, -0.2) is 8.78 Å². The van der Waals surface area contributed by atoms with Crippen LogP contribution < -0.4 is 20.7 Å². The van der Waals surface area contributed by atoms with E-state index in [9.17, 15) is 17.6 Å². The van der Waals surface area contributed by atoms with Crippen LogP contribution in [-0.2, 0) is 23.9 Å². The van der Waals surface area contributed by atoms with Crippen molar-refractivity contribution < 1.29 is 31.4 Å². The third-order valence-electron chi connectivity index (χ3n) is 9.98. The first kappa shape index (κ1) is 29.0. The monoisotopic (exact) mass is 608 g/mol. The molecule has 2 unspecified atom stereocenters. The smallest absolute Gasteiger partial charge is 0.417 e. The van der Waals surface area contributed by atoms with Crippen LogP contribution in [0.4, 0.5) is 33.5 Å². The molecular weight excluding hydrogens is 571 g/mol. The Labute approximate surface area is 247 Å². The summed E-state index contributed by atoms with van der Waals surface area (Å²) in [6.07, 6.45) is -1.68. The minimum Gasteiger partial charge on any atom is -0.461 e. The summed E-state index contributed by atoms with van der Waals surface area (Å²) in [4.78, 5) is 13.8. The Kier molecular flexibility index (Phi) is 7.20. The van der Waals surface area contributed by atoms with Gasteiger partial charge in [-0.2, -0.15) is 23.1 Å². The lowest BCUT2D eigenvalue weighted by Crippen LogP contribution is -2.59. The Morgan fingerprint density at radius 3 is 2.67 bits per heavy atom. The van der Waals surface area contributed by atoms with E-state index in [4.69, 9.17) is 20.2 Å². The first-order valence-electron chi connectivity index (χ1n) is 15.2. The molecule has 3 N–H and O–H groups in total. The number of nitrogens with two attached hydrogens (primary N) is 1. The number of fused-ring (bicyclic) bond motifs is 4. The second kappa shape index (κ2) is 10.7. The maximum Gasteiger partial charge on any atom is 0.417 e.